The van der Waals surface area contributed by atoms with Gasteiger partial charge in [-0.05, 0) is 5.56 Å². The highest BCUT2D eigenvalue weighted by atomic mass is 16.5. The predicted molar refractivity (Wildman–Crippen MR) is 77.7 cm³/mol. The Balaban J connectivity index is 2.70. The number of aliphatic hydroxyl groups is 2. The van der Waals surface area contributed by atoms with Gasteiger partial charge in [0, 0.05) is 25.6 Å². The fraction of sp³-hybridized carbons (Fsp3) is 0.500. The lowest BCUT2D eigenvalue weighted by Gasteiger charge is -2.28. The van der Waals surface area contributed by atoms with Crippen molar-refractivity contribution in [3.63, 3.8) is 0 Å². The first-order valence-corrected chi connectivity index (χ1v) is 6.65. The second kappa shape index (κ2) is 8.10. The Morgan fingerprint density at radius 1 is 1.21 bits per heavy atom. The highest BCUT2D eigenvalue weighted by Gasteiger charge is 2.26. The van der Waals surface area contributed by atoms with E-state index in [1.54, 1.807) is 7.11 Å². The van der Waals surface area contributed by atoms with E-state index in [9.17, 15) is 5.11 Å². The third-order valence-electron chi connectivity index (χ3n) is 3.48. The second-order valence-electron chi connectivity index (χ2n) is 4.98. The van der Waals surface area contributed by atoms with Crippen LogP contribution in [0, 0.1) is 11.8 Å². The molecule has 0 spiro atoms. The summed E-state index contributed by atoms with van der Waals surface area (Å²) in [5.41, 5.74) is 1.10. The minimum absolute atomic E-state index is 0.0235. The third kappa shape index (κ3) is 4.78. The second-order valence-corrected chi connectivity index (χ2v) is 4.98. The van der Waals surface area contributed by atoms with Gasteiger partial charge >= 0.3 is 0 Å². The monoisotopic (exact) mass is 264 g/mol. The van der Waals surface area contributed by atoms with E-state index in [4.69, 9.17) is 9.84 Å². The Labute approximate surface area is 115 Å². The van der Waals surface area contributed by atoms with Crippen LogP contribution < -0.4 is 0 Å². The van der Waals surface area contributed by atoms with Crippen LogP contribution in [0.15, 0.2) is 36.4 Å². The maximum absolute atomic E-state index is 10.1. The minimum atomic E-state index is -0.588. The van der Waals surface area contributed by atoms with Crippen LogP contribution in [0.2, 0.25) is 0 Å². The summed E-state index contributed by atoms with van der Waals surface area (Å²) in [6.07, 6.45) is 3.17. The lowest BCUT2D eigenvalue weighted by molar-refractivity contribution is -0.0185. The van der Waals surface area contributed by atoms with Crippen molar-refractivity contribution >= 4 is 6.08 Å². The standard InChI is InChI=1S/C16H24O3/c1-12(11-17)16(18)13(2)15(19-3)10-9-14-7-5-4-6-8-14/h4-10,12-13,15-18H,11H2,1-3H3/b10-9+/t12-,13+,15-,16-/m0/s1. The molecule has 0 unspecified atom stereocenters. The van der Waals surface area contributed by atoms with E-state index in [1.165, 1.54) is 0 Å². The van der Waals surface area contributed by atoms with E-state index >= 15 is 0 Å². The van der Waals surface area contributed by atoms with Gasteiger partial charge in [0.25, 0.3) is 0 Å². The van der Waals surface area contributed by atoms with Crippen molar-refractivity contribution in [2.45, 2.75) is 26.1 Å². The van der Waals surface area contributed by atoms with Crippen molar-refractivity contribution in [1.29, 1.82) is 0 Å². The molecule has 106 valence electrons. The summed E-state index contributed by atoms with van der Waals surface area (Å²) in [4.78, 5) is 0. The van der Waals surface area contributed by atoms with Gasteiger partial charge in [-0.3, -0.25) is 0 Å². The molecule has 0 saturated heterocycles. The van der Waals surface area contributed by atoms with Gasteiger partial charge in [-0.2, -0.15) is 0 Å². The van der Waals surface area contributed by atoms with E-state index in [2.05, 4.69) is 0 Å². The summed E-state index contributed by atoms with van der Waals surface area (Å²) in [6, 6.07) is 9.96. The maximum atomic E-state index is 10.1. The Bertz CT molecular complexity index is 375. The number of methoxy groups -OCH3 is 1. The largest absolute Gasteiger partial charge is 0.396 e. The fourth-order valence-electron chi connectivity index (χ4n) is 2.06. The zero-order valence-corrected chi connectivity index (χ0v) is 11.9. The lowest BCUT2D eigenvalue weighted by atomic mass is 9.89. The van der Waals surface area contributed by atoms with E-state index in [1.807, 2.05) is 56.3 Å². The van der Waals surface area contributed by atoms with Crippen LogP contribution in [0.5, 0.6) is 0 Å². The molecule has 1 rings (SSSR count). The molecule has 0 aromatic heterocycles. The van der Waals surface area contributed by atoms with Gasteiger partial charge in [0.1, 0.15) is 0 Å². The Hall–Kier alpha value is -1.16. The highest BCUT2D eigenvalue weighted by molar-refractivity contribution is 5.49. The normalized spacial score (nSPS) is 18.2. The molecule has 0 aliphatic heterocycles. The average Bonchev–Trinajstić information content (AvgIpc) is 2.47. The van der Waals surface area contributed by atoms with Crippen LogP contribution in [0.1, 0.15) is 19.4 Å². The summed E-state index contributed by atoms with van der Waals surface area (Å²) < 4.78 is 5.42. The molecule has 0 radical (unpaired) electrons. The number of hydrogen-bond acceptors (Lipinski definition) is 3. The van der Waals surface area contributed by atoms with Gasteiger partial charge in [-0.1, -0.05) is 56.3 Å². The van der Waals surface area contributed by atoms with Gasteiger partial charge in [-0.15, -0.1) is 0 Å². The third-order valence-corrected chi connectivity index (χ3v) is 3.48. The number of ether oxygens (including phenoxy) is 1. The summed E-state index contributed by atoms with van der Waals surface area (Å²) in [7, 11) is 1.63. The van der Waals surface area contributed by atoms with Gasteiger partial charge in [0.2, 0.25) is 0 Å². The summed E-state index contributed by atoms with van der Waals surface area (Å²) in [6.45, 7) is 3.74. The average molecular weight is 264 g/mol. The highest BCUT2D eigenvalue weighted by Crippen LogP contribution is 2.20. The number of benzene rings is 1. The first-order valence-electron chi connectivity index (χ1n) is 6.65. The van der Waals surface area contributed by atoms with E-state index < -0.39 is 6.10 Å². The molecule has 0 aliphatic rings. The molecule has 4 atom stereocenters. The molecule has 0 saturated carbocycles. The van der Waals surface area contributed by atoms with Crippen molar-refractivity contribution in [2.24, 2.45) is 11.8 Å². The van der Waals surface area contributed by atoms with E-state index in [0.29, 0.717) is 0 Å². The van der Waals surface area contributed by atoms with Crippen LogP contribution in [0.25, 0.3) is 6.08 Å². The van der Waals surface area contributed by atoms with Crippen molar-refractivity contribution in [1.82, 2.24) is 0 Å². The number of hydrogen-bond donors (Lipinski definition) is 2. The van der Waals surface area contributed by atoms with Gasteiger partial charge in [-0.25, -0.2) is 0 Å². The Kier molecular flexibility index (Phi) is 6.78. The van der Waals surface area contributed by atoms with Crippen LogP contribution in [-0.2, 0) is 4.74 Å². The van der Waals surface area contributed by atoms with Gasteiger partial charge in [0.05, 0.1) is 12.2 Å². The molecular weight excluding hydrogens is 240 g/mol. The van der Waals surface area contributed by atoms with Gasteiger partial charge in [0.15, 0.2) is 0 Å². The molecule has 1 aromatic rings. The molecular formula is C16H24O3. The quantitative estimate of drug-likeness (QED) is 0.794. The first kappa shape index (κ1) is 15.9. The van der Waals surface area contributed by atoms with Gasteiger partial charge < -0.3 is 14.9 Å². The lowest BCUT2D eigenvalue weighted by Crippen LogP contribution is -2.35. The summed E-state index contributed by atoms with van der Waals surface area (Å²) in [5, 5.41) is 19.2. The topological polar surface area (TPSA) is 49.7 Å². The fourth-order valence-corrected chi connectivity index (χ4v) is 2.06. The molecule has 2 N–H and O–H groups in total. The molecule has 19 heavy (non-hydrogen) atoms. The van der Waals surface area contributed by atoms with Crippen molar-refractivity contribution in [3.8, 4) is 0 Å². The first-order chi connectivity index (χ1) is 9.10. The zero-order valence-electron chi connectivity index (χ0n) is 11.9. The summed E-state index contributed by atoms with van der Waals surface area (Å²) in [5.74, 6) is -0.232. The smallest absolute Gasteiger partial charge is 0.0805 e. The van der Waals surface area contributed by atoms with Crippen LogP contribution in [0.3, 0.4) is 0 Å². The van der Waals surface area contributed by atoms with Crippen molar-refractivity contribution < 1.29 is 14.9 Å². The molecule has 0 heterocycles. The molecule has 3 nitrogen and oxygen atoms in total. The molecule has 0 bridgehead atoms. The maximum Gasteiger partial charge on any atom is 0.0805 e. The van der Waals surface area contributed by atoms with Crippen LogP contribution in [-0.4, -0.2) is 36.1 Å². The Morgan fingerprint density at radius 2 is 1.84 bits per heavy atom. The van der Waals surface area contributed by atoms with Crippen LogP contribution >= 0.6 is 0 Å². The SMILES string of the molecule is CO[C@@H](/C=C/c1ccccc1)[C@@H](C)[C@@H](O)[C@@H](C)CO. The predicted octanol–water partition coefficient (Wildman–Crippen LogP) is 2.34. The molecule has 0 aliphatic carbocycles. The number of aliphatic hydroxyl groups excluding tert-OH is 2. The Morgan fingerprint density at radius 3 is 2.37 bits per heavy atom. The molecule has 0 amide bonds. The van der Waals surface area contributed by atoms with Crippen LogP contribution in [0.4, 0.5) is 0 Å². The van der Waals surface area contributed by atoms with E-state index in [-0.39, 0.29) is 24.5 Å². The molecule has 0 fully saturated rings. The minimum Gasteiger partial charge on any atom is -0.396 e. The molecule has 1 aromatic carbocycles. The number of rotatable bonds is 7. The zero-order chi connectivity index (χ0) is 14.3. The van der Waals surface area contributed by atoms with Crippen molar-refractivity contribution in [2.75, 3.05) is 13.7 Å². The van der Waals surface area contributed by atoms with Crippen molar-refractivity contribution in [3.05, 3.63) is 42.0 Å². The van der Waals surface area contributed by atoms with E-state index in [0.717, 1.165) is 5.56 Å². The molecule has 3 heteroatoms. The summed E-state index contributed by atoms with van der Waals surface area (Å²) >= 11 is 0.